The Hall–Kier alpha value is 0.354. The minimum Gasteiger partial charge on any atom is -0.419 e. The second-order valence-corrected chi connectivity index (χ2v) is 10.3. The van der Waals surface area contributed by atoms with Crippen LogP contribution < -0.4 is 0 Å². The number of hydrogen-bond acceptors (Lipinski definition) is 2. The first kappa shape index (κ1) is 24.4. The first-order valence-corrected chi connectivity index (χ1v) is 14.0. The third kappa shape index (κ3) is 9.16. The van der Waals surface area contributed by atoms with Gasteiger partial charge in [-0.1, -0.05) is 67.2 Å². The fourth-order valence-electron chi connectivity index (χ4n) is 4.05. The van der Waals surface area contributed by atoms with Crippen molar-refractivity contribution in [1.29, 1.82) is 0 Å². The summed E-state index contributed by atoms with van der Waals surface area (Å²) in [7, 11) is -0.766. The summed E-state index contributed by atoms with van der Waals surface area (Å²) in [6.07, 6.45) is 12.3. The van der Waals surface area contributed by atoms with Crippen LogP contribution in [0, 0.1) is 0 Å². The Morgan fingerprint density at radius 1 is 0.542 bits per heavy atom. The van der Waals surface area contributed by atoms with Gasteiger partial charge in [0.05, 0.1) is 11.2 Å². The van der Waals surface area contributed by atoms with Crippen LogP contribution in [0.2, 0.25) is 12.1 Å². The van der Waals surface area contributed by atoms with Crippen molar-refractivity contribution in [2.75, 3.05) is 0 Å². The SMILES string of the molecule is CCCC(CC)(CCC)O[SiH2]CC[SiH2]OC(CC)(CCC)CCC. The third-order valence-electron chi connectivity index (χ3n) is 5.47. The Labute approximate surface area is 157 Å². The summed E-state index contributed by atoms with van der Waals surface area (Å²) in [4.78, 5) is 0. The van der Waals surface area contributed by atoms with Gasteiger partial charge in [-0.25, -0.2) is 0 Å². The maximum Gasteiger partial charge on any atom is 0.162 e. The normalized spacial score (nSPS) is 13.8. The molecule has 2 nitrogen and oxygen atoms in total. The molecular weight excluding hydrogens is 328 g/mol. The summed E-state index contributed by atoms with van der Waals surface area (Å²) in [5, 5.41) is 0. The molecular formula is C20H46O2Si2. The summed E-state index contributed by atoms with van der Waals surface area (Å²) in [5.74, 6) is 0. The predicted octanol–water partition coefficient (Wildman–Crippen LogP) is 5.52. The van der Waals surface area contributed by atoms with E-state index in [1.807, 2.05) is 0 Å². The monoisotopic (exact) mass is 374 g/mol. The van der Waals surface area contributed by atoms with E-state index in [0.717, 1.165) is 0 Å². The molecule has 0 aliphatic carbocycles. The highest BCUT2D eigenvalue weighted by atomic mass is 28.2. The van der Waals surface area contributed by atoms with Gasteiger partial charge >= 0.3 is 0 Å². The lowest BCUT2D eigenvalue weighted by Gasteiger charge is -2.34. The zero-order chi connectivity index (χ0) is 18.3. The van der Waals surface area contributed by atoms with E-state index in [1.54, 1.807) is 0 Å². The highest BCUT2D eigenvalue weighted by Crippen LogP contribution is 2.29. The predicted molar refractivity (Wildman–Crippen MR) is 115 cm³/mol. The third-order valence-corrected chi connectivity index (χ3v) is 9.68. The molecule has 0 unspecified atom stereocenters. The Kier molecular flexibility index (Phi) is 14.7. The van der Waals surface area contributed by atoms with E-state index in [9.17, 15) is 0 Å². The highest BCUT2D eigenvalue weighted by molar-refractivity contribution is 6.34. The van der Waals surface area contributed by atoms with Gasteiger partial charge in [0.1, 0.15) is 0 Å². The van der Waals surface area contributed by atoms with Gasteiger partial charge in [-0.15, -0.1) is 0 Å². The van der Waals surface area contributed by atoms with Crippen molar-refractivity contribution in [3.63, 3.8) is 0 Å². The molecule has 0 atom stereocenters. The maximum atomic E-state index is 6.52. The van der Waals surface area contributed by atoms with Crippen molar-refractivity contribution in [3.05, 3.63) is 0 Å². The van der Waals surface area contributed by atoms with Crippen molar-refractivity contribution >= 4 is 19.5 Å². The maximum absolute atomic E-state index is 6.52. The van der Waals surface area contributed by atoms with E-state index in [0.29, 0.717) is 0 Å². The van der Waals surface area contributed by atoms with E-state index in [1.165, 1.54) is 76.3 Å². The van der Waals surface area contributed by atoms with E-state index >= 15 is 0 Å². The Morgan fingerprint density at radius 3 is 1.04 bits per heavy atom. The van der Waals surface area contributed by atoms with Crippen molar-refractivity contribution in [2.24, 2.45) is 0 Å². The van der Waals surface area contributed by atoms with Crippen LogP contribution >= 0.6 is 0 Å². The number of hydrogen-bond donors (Lipinski definition) is 0. The molecule has 0 saturated carbocycles. The lowest BCUT2D eigenvalue weighted by Crippen LogP contribution is -2.34. The smallest absolute Gasteiger partial charge is 0.162 e. The fraction of sp³-hybridized carbons (Fsp3) is 1.00. The molecule has 0 amide bonds. The summed E-state index contributed by atoms with van der Waals surface area (Å²) in [5.41, 5.74) is 0.408. The van der Waals surface area contributed by atoms with Crippen LogP contribution in [0.3, 0.4) is 0 Å². The minimum atomic E-state index is -0.383. The van der Waals surface area contributed by atoms with Crippen molar-refractivity contribution < 1.29 is 8.85 Å². The molecule has 0 aromatic carbocycles. The standard InChI is InChI=1S/C20H46O2Si2/c1-7-13-19(11-5,14-8-2)21-23-17-18-24-22-20(12-6,15-9-3)16-10-4/h7-18,23-24H2,1-6H3. The van der Waals surface area contributed by atoms with Gasteiger partial charge in [-0.05, 0) is 50.6 Å². The quantitative estimate of drug-likeness (QED) is 0.246. The first-order chi connectivity index (χ1) is 11.6. The molecule has 0 aromatic heterocycles. The van der Waals surface area contributed by atoms with Gasteiger partial charge in [-0.2, -0.15) is 0 Å². The second kappa shape index (κ2) is 14.5. The van der Waals surface area contributed by atoms with Crippen molar-refractivity contribution in [3.8, 4) is 0 Å². The van der Waals surface area contributed by atoms with Gasteiger partial charge in [0.25, 0.3) is 0 Å². The molecule has 0 aliphatic heterocycles. The van der Waals surface area contributed by atoms with E-state index in [4.69, 9.17) is 8.85 Å². The van der Waals surface area contributed by atoms with E-state index < -0.39 is 0 Å². The Morgan fingerprint density at radius 2 is 0.833 bits per heavy atom. The zero-order valence-corrected chi connectivity index (χ0v) is 20.5. The van der Waals surface area contributed by atoms with Gasteiger partial charge in [0.15, 0.2) is 19.5 Å². The first-order valence-electron chi connectivity index (χ1n) is 10.8. The molecule has 0 rings (SSSR count). The molecule has 4 heteroatoms. The molecule has 0 N–H and O–H groups in total. The Balaban J connectivity index is 4.18. The number of rotatable bonds is 17. The lowest BCUT2D eigenvalue weighted by molar-refractivity contribution is 0.0456. The van der Waals surface area contributed by atoms with Gasteiger partial charge in [0, 0.05) is 0 Å². The fourth-order valence-corrected chi connectivity index (χ4v) is 7.83. The summed E-state index contributed by atoms with van der Waals surface area (Å²) in [6.45, 7) is 13.8. The molecule has 0 heterocycles. The second-order valence-electron chi connectivity index (χ2n) is 7.48. The van der Waals surface area contributed by atoms with Crippen molar-refractivity contribution in [1.82, 2.24) is 0 Å². The summed E-state index contributed by atoms with van der Waals surface area (Å²) >= 11 is 0. The molecule has 0 radical (unpaired) electrons. The van der Waals surface area contributed by atoms with Crippen LogP contribution in [-0.2, 0) is 8.85 Å². The lowest BCUT2D eigenvalue weighted by atomic mass is 9.90. The van der Waals surface area contributed by atoms with E-state index in [2.05, 4.69) is 41.5 Å². The average Bonchev–Trinajstić information content (AvgIpc) is 2.58. The zero-order valence-electron chi connectivity index (χ0n) is 17.7. The van der Waals surface area contributed by atoms with Crippen LogP contribution in [0.4, 0.5) is 0 Å². The van der Waals surface area contributed by atoms with Crippen LogP contribution in [0.15, 0.2) is 0 Å². The average molecular weight is 375 g/mol. The van der Waals surface area contributed by atoms with Gasteiger partial charge in [0.2, 0.25) is 0 Å². The molecule has 0 saturated heterocycles. The molecule has 0 aliphatic rings. The van der Waals surface area contributed by atoms with Crippen LogP contribution in [0.5, 0.6) is 0 Å². The molecule has 0 aromatic rings. The van der Waals surface area contributed by atoms with Gasteiger partial charge < -0.3 is 8.85 Å². The summed E-state index contributed by atoms with van der Waals surface area (Å²) < 4.78 is 13.0. The Bertz CT molecular complexity index is 245. The molecule has 0 bridgehead atoms. The van der Waals surface area contributed by atoms with Crippen LogP contribution in [0.25, 0.3) is 0 Å². The van der Waals surface area contributed by atoms with Gasteiger partial charge in [-0.3, -0.25) is 0 Å². The highest BCUT2D eigenvalue weighted by Gasteiger charge is 2.27. The molecule has 146 valence electrons. The largest absolute Gasteiger partial charge is 0.419 e. The molecule has 0 spiro atoms. The molecule has 0 fully saturated rings. The van der Waals surface area contributed by atoms with E-state index in [-0.39, 0.29) is 30.7 Å². The van der Waals surface area contributed by atoms with Crippen LogP contribution in [0.1, 0.15) is 106 Å². The van der Waals surface area contributed by atoms with Crippen LogP contribution in [-0.4, -0.2) is 30.7 Å². The molecule has 24 heavy (non-hydrogen) atoms. The van der Waals surface area contributed by atoms with Crippen molar-refractivity contribution in [2.45, 2.75) is 129 Å². The topological polar surface area (TPSA) is 18.5 Å². The minimum absolute atomic E-state index is 0.204. The summed E-state index contributed by atoms with van der Waals surface area (Å²) in [6, 6.07) is 2.64.